The summed E-state index contributed by atoms with van der Waals surface area (Å²) in [7, 11) is -13.2. The molecule has 2 rings (SSSR count). The van der Waals surface area contributed by atoms with Gasteiger partial charge < -0.3 is 72.4 Å². The molecule has 0 aliphatic heterocycles. The van der Waals surface area contributed by atoms with Gasteiger partial charge in [0.25, 0.3) is 0 Å². The number of carbonyl (C=O) groups excluding carboxylic acids is 3. The molecule has 1 aromatic carbocycles. The van der Waals surface area contributed by atoms with Crippen LogP contribution in [0.5, 0.6) is 0 Å². The van der Waals surface area contributed by atoms with Crippen molar-refractivity contribution in [2.45, 2.75) is 114 Å². The van der Waals surface area contributed by atoms with Crippen LogP contribution in [0.3, 0.4) is 0 Å². The minimum atomic E-state index is -5.61. The van der Waals surface area contributed by atoms with Crippen molar-refractivity contribution < 1.29 is 113 Å². The van der Waals surface area contributed by atoms with Gasteiger partial charge in [0.2, 0.25) is 0 Å². The van der Waals surface area contributed by atoms with E-state index in [1.165, 1.54) is 7.11 Å². The van der Waals surface area contributed by atoms with E-state index in [1.807, 2.05) is 37.3 Å². The van der Waals surface area contributed by atoms with Gasteiger partial charge in [-0.2, -0.15) is 0 Å². The summed E-state index contributed by atoms with van der Waals surface area (Å²) in [4.78, 5) is 87.7. The fraction of sp³-hybridized carbons (Fsp3) is 0.750. The summed E-state index contributed by atoms with van der Waals surface area (Å²) >= 11 is 0. The van der Waals surface area contributed by atoms with Crippen LogP contribution >= 0.6 is 23.5 Å². The molecule has 2 unspecified atom stereocenters. The van der Waals surface area contributed by atoms with Crippen LogP contribution in [0, 0.1) is 0 Å². The van der Waals surface area contributed by atoms with Crippen LogP contribution in [0.4, 0.5) is 4.79 Å². The topological polar surface area (TPSA) is 336 Å². The van der Waals surface area contributed by atoms with Crippen LogP contribution in [-0.2, 0) is 90.6 Å². The van der Waals surface area contributed by atoms with E-state index >= 15 is 0 Å². The summed E-state index contributed by atoms with van der Waals surface area (Å²) in [6, 6.07) is 9.13. The van der Waals surface area contributed by atoms with Crippen molar-refractivity contribution in [1.29, 1.82) is 0 Å². The number of amides is 1. The number of methoxy groups -OCH3 is 3. The number of unbranched alkanes of at least 4 members (excludes halogenated alkanes) is 5. The molecule has 0 bridgehead atoms. The Labute approximate surface area is 371 Å². The van der Waals surface area contributed by atoms with E-state index in [0.717, 1.165) is 32.6 Å². The number of esters is 2. The Balaban J connectivity index is 2.22. The first-order chi connectivity index (χ1) is 30.3. The van der Waals surface area contributed by atoms with Gasteiger partial charge in [-0.1, -0.05) is 62.9 Å². The second-order valence-electron chi connectivity index (χ2n) is 14.0. The molecule has 1 fully saturated rings. The number of ether oxygens (including phenoxy) is 9. The molecule has 1 aliphatic carbocycles. The predicted octanol–water partition coefficient (Wildman–Crippen LogP) is 3.34. The number of hydrogen-bond donors (Lipinski definition) is 6. The highest BCUT2D eigenvalue weighted by Gasteiger charge is 2.59. The first-order valence-corrected chi connectivity index (χ1v) is 24.6. The van der Waals surface area contributed by atoms with Gasteiger partial charge in [0.05, 0.1) is 6.61 Å². The van der Waals surface area contributed by atoms with Crippen LogP contribution in [0.15, 0.2) is 30.3 Å². The quantitative estimate of drug-likeness (QED) is 0.0190. The monoisotopic (exact) mass is 985 g/mol. The normalized spacial score (nSPS) is 21.7. The molecule has 0 heterocycles. The Hall–Kier alpha value is -2.48. The highest BCUT2D eigenvalue weighted by Crippen LogP contribution is 2.52. The average Bonchev–Trinajstić information content (AvgIpc) is 3.22. The molecule has 0 spiro atoms. The van der Waals surface area contributed by atoms with Crippen molar-refractivity contribution in [3.63, 3.8) is 0 Å². The molecule has 1 amide bonds. The smallest absolute Gasteiger partial charge is 0.462 e. The summed E-state index contributed by atoms with van der Waals surface area (Å²) in [5.74, 6) is -1.43. The SMILES string of the molecule is CCCCCCC(=O)OC(COC(=O)CCCCCNC(=O)OCc1ccccc1)COP(=O)(O)O[C@@H]1[C@H](OCOC)[C@H](OCOC)[C@@H](OP(=O)(O)O)[C@H](OP(=O)(O)O)[C@H]1OCOC. The van der Waals surface area contributed by atoms with Crippen molar-refractivity contribution in [2.75, 3.05) is 61.5 Å². The first-order valence-electron chi connectivity index (χ1n) is 20.1. The number of benzene rings is 1. The third-order valence-electron chi connectivity index (χ3n) is 8.78. The molecule has 6 N–H and O–H groups in total. The number of phosphoric acid groups is 3. The fourth-order valence-corrected chi connectivity index (χ4v) is 8.10. The number of hydrogen-bond acceptors (Lipinski definition) is 19. The molecule has 0 saturated heterocycles. The molecular weight excluding hydrogens is 923 g/mol. The lowest BCUT2D eigenvalue weighted by Gasteiger charge is -2.48. The molecule has 1 aliphatic rings. The summed E-state index contributed by atoms with van der Waals surface area (Å²) in [6.07, 6.45) is -10.0. The zero-order valence-electron chi connectivity index (χ0n) is 36.1. The maximum absolute atomic E-state index is 13.7. The lowest BCUT2D eigenvalue weighted by Crippen LogP contribution is -2.67. The average molecular weight is 986 g/mol. The van der Waals surface area contributed by atoms with E-state index in [0.29, 0.717) is 38.6 Å². The predicted molar refractivity (Wildman–Crippen MR) is 217 cm³/mol. The largest absolute Gasteiger partial charge is 0.472 e. The highest BCUT2D eigenvalue weighted by molar-refractivity contribution is 7.47. The maximum Gasteiger partial charge on any atom is 0.472 e. The van der Waals surface area contributed by atoms with Gasteiger partial charge in [0.1, 0.15) is 70.2 Å². The van der Waals surface area contributed by atoms with E-state index in [4.69, 9.17) is 60.7 Å². The van der Waals surface area contributed by atoms with Gasteiger partial charge in [-0.3, -0.25) is 27.7 Å². The van der Waals surface area contributed by atoms with Gasteiger partial charge in [-0.15, -0.1) is 0 Å². The van der Waals surface area contributed by atoms with Gasteiger partial charge in [-0.05, 0) is 24.8 Å². The van der Waals surface area contributed by atoms with E-state index < -0.39 is 118 Å². The van der Waals surface area contributed by atoms with Crippen molar-refractivity contribution >= 4 is 41.5 Å². The third kappa shape index (κ3) is 24.3. The van der Waals surface area contributed by atoms with E-state index in [-0.39, 0.29) is 19.4 Å². The van der Waals surface area contributed by atoms with Gasteiger partial charge in [0.15, 0.2) is 6.10 Å². The van der Waals surface area contributed by atoms with Crippen LogP contribution in [0.1, 0.15) is 70.3 Å². The summed E-state index contributed by atoms with van der Waals surface area (Å²) in [5.41, 5.74) is 0.831. The molecule has 64 heavy (non-hydrogen) atoms. The third-order valence-corrected chi connectivity index (χ3v) is 10.8. The van der Waals surface area contributed by atoms with Crippen LogP contribution < -0.4 is 5.32 Å². The number of rotatable bonds is 34. The van der Waals surface area contributed by atoms with E-state index in [9.17, 15) is 52.5 Å². The minimum absolute atomic E-state index is 0.0354. The lowest BCUT2D eigenvalue weighted by molar-refractivity contribution is -0.278. The number of carbonyl (C=O) groups is 3. The van der Waals surface area contributed by atoms with Crippen molar-refractivity contribution in [3.8, 4) is 0 Å². The zero-order valence-corrected chi connectivity index (χ0v) is 38.8. The van der Waals surface area contributed by atoms with Gasteiger partial charge >= 0.3 is 41.5 Å². The number of alkyl carbamates (subject to hydrolysis) is 1. The first kappa shape index (κ1) is 57.6. The Bertz CT molecular complexity index is 1630. The van der Waals surface area contributed by atoms with Gasteiger partial charge in [-0.25, -0.2) is 18.5 Å². The summed E-state index contributed by atoms with van der Waals surface area (Å²) < 4.78 is 106. The fourth-order valence-electron chi connectivity index (χ4n) is 6.02. The Kier molecular flexibility index (Phi) is 27.7. The molecule has 0 aromatic heterocycles. The van der Waals surface area contributed by atoms with Crippen LogP contribution in [0.25, 0.3) is 0 Å². The molecule has 0 radical (unpaired) electrons. The molecule has 1 aromatic rings. The van der Waals surface area contributed by atoms with Crippen LogP contribution in [-0.4, -0.2) is 147 Å². The zero-order chi connectivity index (χ0) is 47.6. The molecule has 28 heteroatoms. The molecule has 370 valence electrons. The van der Waals surface area contributed by atoms with Crippen LogP contribution in [0.2, 0.25) is 0 Å². The van der Waals surface area contributed by atoms with E-state index in [2.05, 4.69) is 5.32 Å². The Morgan fingerprint density at radius 3 is 1.64 bits per heavy atom. The highest BCUT2D eigenvalue weighted by atomic mass is 31.2. The lowest BCUT2D eigenvalue weighted by atomic mass is 9.84. The van der Waals surface area contributed by atoms with Gasteiger partial charge in [0, 0.05) is 40.7 Å². The minimum Gasteiger partial charge on any atom is -0.462 e. The van der Waals surface area contributed by atoms with Crippen molar-refractivity contribution in [1.82, 2.24) is 5.32 Å². The van der Waals surface area contributed by atoms with Crippen molar-refractivity contribution in [3.05, 3.63) is 35.9 Å². The maximum atomic E-state index is 13.7. The molecule has 8 atom stereocenters. The Morgan fingerprint density at radius 1 is 0.625 bits per heavy atom. The second kappa shape index (κ2) is 30.7. The summed E-state index contributed by atoms with van der Waals surface area (Å²) in [6.45, 7) is -1.19. The molecular formula is C36H62NO24P3. The number of phosphoric ester groups is 3. The Morgan fingerprint density at radius 2 is 1.12 bits per heavy atom. The number of nitrogens with one attached hydrogen (secondary N) is 1. The molecule has 1 saturated carbocycles. The van der Waals surface area contributed by atoms with E-state index in [1.54, 1.807) is 0 Å². The standard InChI is InChI=1S/C36H62NO24P3/c1-5-6-7-12-18-29(39)58-27(21-52-28(38)17-13-9-14-19-37-36(40)53-20-26-15-10-8-11-16-26)22-57-64(47,48)61-33-30(54-23-49-2)31(55-24-50-3)34(59-62(41,42)43)35(60-63(44,45)46)32(33)56-25-51-4/h8,10-11,15-16,27,30-35H,5-7,9,12-14,17-25H2,1-4H3,(H,37,40)(H,47,48)(H2,41,42,43)(H2,44,45,46)/t27?,30-,31+,32+,33-,34-,35-/m1/s1. The second-order valence-corrected chi connectivity index (χ2v) is 17.8. The van der Waals surface area contributed by atoms with Crippen molar-refractivity contribution in [2.24, 2.45) is 0 Å². The summed E-state index contributed by atoms with van der Waals surface area (Å²) in [5, 5.41) is 2.62. The molecule has 25 nitrogen and oxygen atoms in total.